The molecule has 1 aliphatic heterocycles. The zero-order chi connectivity index (χ0) is 21.8. The topological polar surface area (TPSA) is 69.7 Å². The predicted octanol–water partition coefficient (Wildman–Crippen LogP) is 4.72. The molecule has 6 nitrogen and oxygen atoms in total. The average molecular weight is 428 g/mol. The number of nitrogens with one attached hydrogen (secondary N) is 1. The van der Waals surface area contributed by atoms with E-state index in [0.717, 1.165) is 11.3 Å². The molecule has 0 aromatic heterocycles. The Bertz CT molecular complexity index is 926. The second-order valence-corrected chi connectivity index (χ2v) is 8.23. The number of carbonyl (C=O) groups excluding carboxylic acids is 3. The molecule has 158 valence electrons. The van der Waals surface area contributed by atoms with Crippen LogP contribution >= 0.6 is 11.6 Å². The summed E-state index contributed by atoms with van der Waals surface area (Å²) in [7, 11) is 0. The predicted molar refractivity (Wildman–Crippen MR) is 119 cm³/mol. The number of aryl methyl sites for hydroxylation is 1. The first kappa shape index (κ1) is 21.8. The summed E-state index contributed by atoms with van der Waals surface area (Å²) >= 11 is 5.93. The van der Waals surface area contributed by atoms with Crippen molar-refractivity contribution in [3.05, 3.63) is 59.1 Å². The van der Waals surface area contributed by atoms with Gasteiger partial charge in [0.25, 0.3) is 5.91 Å². The maximum absolute atomic E-state index is 13.1. The van der Waals surface area contributed by atoms with Crippen molar-refractivity contribution in [2.75, 3.05) is 16.8 Å². The number of carbonyl (C=O) groups is 3. The zero-order valence-corrected chi connectivity index (χ0v) is 18.1. The minimum absolute atomic E-state index is 0.100. The summed E-state index contributed by atoms with van der Waals surface area (Å²) in [5.41, 5.74) is 2.28. The molecule has 1 fully saturated rings. The molecule has 7 heteroatoms. The van der Waals surface area contributed by atoms with Crippen molar-refractivity contribution in [3.8, 4) is 0 Å². The van der Waals surface area contributed by atoms with Crippen LogP contribution in [0, 0.1) is 5.92 Å². The molecule has 4 amide bonds. The number of imide groups is 1. The molecule has 2 aromatic carbocycles. The Morgan fingerprint density at radius 1 is 1.07 bits per heavy atom. The molecular formula is C23H26ClN3O3. The normalized spacial score (nSPS) is 16.5. The van der Waals surface area contributed by atoms with E-state index in [1.165, 1.54) is 10.5 Å². The zero-order valence-electron chi connectivity index (χ0n) is 17.4. The van der Waals surface area contributed by atoms with Crippen molar-refractivity contribution in [1.82, 2.24) is 4.90 Å². The lowest BCUT2D eigenvalue weighted by molar-refractivity contribution is -0.124. The van der Waals surface area contributed by atoms with E-state index in [1.807, 2.05) is 38.1 Å². The molecule has 1 aliphatic rings. The molecule has 3 rings (SSSR count). The number of urea groups is 1. The number of amides is 4. The van der Waals surface area contributed by atoms with E-state index in [-0.39, 0.29) is 18.2 Å². The van der Waals surface area contributed by atoms with Crippen LogP contribution in [0.15, 0.2) is 48.5 Å². The summed E-state index contributed by atoms with van der Waals surface area (Å²) in [6.45, 7) is 6.38. The highest BCUT2D eigenvalue weighted by Gasteiger charge is 2.46. The van der Waals surface area contributed by atoms with Crippen molar-refractivity contribution >= 4 is 40.8 Å². The van der Waals surface area contributed by atoms with Crippen LogP contribution in [0.3, 0.4) is 0 Å². The highest BCUT2D eigenvalue weighted by atomic mass is 35.5. The third-order valence-corrected chi connectivity index (χ3v) is 5.24. The summed E-state index contributed by atoms with van der Waals surface area (Å²) < 4.78 is 0. The molecule has 0 unspecified atom stereocenters. The van der Waals surface area contributed by atoms with Gasteiger partial charge in [0.15, 0.2) is 0 Å². The van der Waals surface area contributed by atoms with Gasteiger partial charge in [0.1, 0.15) is 6.04 Å². The molecule has 1 atom stereocenters. The maximum Gasteiger partial charge on any atom is 0.332 e. The van der Waals surface area contributed by atoms with Crippen LogP contribution in [0.25, 0.3) is 0 Å². The van der Waals surface area contributed by atoms with Gasteiger partial charge in [-0.1, -0.05) is 44.5 Å². The Labute approximate surface area is 181 Å². The van der Waals surface area contributed by atoms with Crippen LogP contribution in [0.4, 0.5) is 16.2 Å². The van der Waals surface area contributed by atoms with Gasteiger partial charge in [-0.25, -0.2) is 9.69 Å². The van der Waals surface area contributed by atoms with Gasteiger partial charge >= 0.3 is 6.03 Å². The minimum Gasteiger partial charge on any atom is -0.326 e. The van der Waals surface area contributed by atoms with Crippen LogP contribution in [0.1, 0.15) is 32.8 Å². The van der Waals surface area contributed by atoms with Crippen molar-refractivity contribution in [2.45, 2.75) is 39.7 Å². The smallest absolute Gasteiger partial charge is 0.326 e. The molecule has 0 radical (unpaired) electrons. The van der Waals surface area contributed by atoms with E-state index in [0.29, 0.717) is 22.9 Å². The lowest BCUT2D eigenvalue weighted by Crippen LogP contribution is -2.40. The fourth-order valence-electron chi connectivity index (χ4n) is 3.47. The van der Waals surface area contributed by atoms with E-state index < -0.39 is 18.0 Å². The highest BCUT2D eigenvalue weighted by molar-refractivity contribution is 6.30. The molecule has 1 heterocycles. The van der Waals surface area contributed by atoms with Gasteiger partial charge in [0.2, 0.25) is 5.91 Å². The van der Waals surface area contributed by atoms with Crippen LogP contribution < -0.4 is 10.2 Å². The largest absolute Gasteiger partial charge is 0.332 e. The monoisotopic (exact) mass is 427 g/mol. The van der Waals surface area contributed by atoms with Gasteiger partial charge in [-0.15, -0.1) is 0 Å². The number of nitrogens with zero attached hydrogens (tertiary/aromatic N) is 2. The number of anilines is 2. The second kappa shape index (κ2) is 9.30. The summed E-state index contributed by atoms with van der Waals surface area (Å²) in [6.07, 6.45) is 0.814. The highest BCUT2D eigenvalue weighted by Crippen LogP contribution is 2.28. The molecule has 30 heavy (non-hydrogen) atoms. The summed E-state index contributed by atoms with van der Waals surface area (Å²) in [5, 5.41) is 3.34. The summed E-state index contributed by atoms with van der Waals surface area (Å²) in [6, 6.07) is 12.8. The van der Waals surface area contributed by atoms with Crippen LogP contribution in [0.2, 0.25) is 5.02 Å². The average Bonchev–Trinajstić information content (AvgIpc) is 2.93. The fourth-order valence-corrected chi connectivity index (χ4v) is 3.60. The SMILES string of the molecule is CCc1ccc(NC(=O)C[C@@H]2C(=O)N(c3ccc(Cl)cc3)C(=O)N2CC(C)C)cc1. The summed E-state index contributed by atoms with van der Waals surface area (Å²) in [5.74, 6) is -0.560. The van der Waals surface area contributed by atoms with Gasteiger partial charge < -0.3 is 10.2 Å². The first-order valence-electron chi connectivity index (χ1n) is 10.1. The van der Waals surface area contributed by atoms with Crippen LogP contribution in [-0.4, -0.2) is 35.3 Å². The second-order valence-electron chi connectivity index (χ2n) is 7.80. The molecular weight excluding hydrogens is 402 g/mol. The quantitative estimate of drug-likeness (QED) is 0.649. The number of rotatable bonds is 7. The Kier molecular flexibility index (Phi) is 6.77. The van der Waals surface area contributed by atoms with Crippen molar-refractivity contribution in [1.29, 1.82) is 0 Å². The Morgan fingerprint density at radius 3 is 2.27 bits per heavy atom. The summed E-state index contributed by atoms with van der Waals surface area (Å²) in [4.78, 5) is 41.4. The van der Waals surface area contributed by atoms with Gasteiger partial charge in [-0.2, -0.15) is 0 Å². The third-order valence-electron chi connectivity index (χ3n) is 4.99. The van der Waals surface area contributed by atoms with Gasteiger partial charge in [0, 0.05) is 17.3 Å². The third kappa shape index (κ3) is 4.82. The van der Waals surface area contributed by atoms with Gasteiger partial charge in [-0.05, 0) is 54.3 Å². The number of hydrogen-bond donors (Lipinski definition) is 1. The Morgan fingerprint density at radius 2 is 1.70 bits per heavy atom. The molecule has 1 saturated heterocycles. The number of halogens is 1. The molecule has 0 aliphatic carbocycles. The van der Waals surface area contributed by atoms with E-state index in [2.05, 4.69) is 12.2 Å². The molecule has 1 N–H and O–H groups in total. The van der Waals surface area contributed by atoms with Crippen molar-refractivity contribution < 1.29 is 14.4 Å². The van der Waals surface area contributed by atoms with Gasteiger partial charge in [-0.3, -0.25) is 9.59 Å². The first-order valence-corrected chi connectivity index (χ1v) is 10.5. The molecule has 0 bridgehead atoms. The van der Waals surface area contributed by atoms with E-state index in [9.17, 15) is 14.4 Å². The molecule has 0 spiro atoms. The van der Waals surface area contributed by atoms with Crippen LogP contribution in [-0.2, 0) is 16.0 Å². The maximum atomic E-state index is 13.1. The number of benzene rings is 2. The van der Waals surface area contributed by atoms with E-state index in [4.69, 9.17) is 11.6 Å². The Balaban J connectivity index is 1.79. The fraction of sp³-hybridized carbons (Fsp3) is 0.348. The van der Waals surface area contributed by atoms with Crippen molar-refractivity contribution in [2.24, 2.45) is 5.92 Å². The van der Waals surface area contributed by atoms with Crippen molar-refractivity contribution in [3.63, 3.8) is 0 Å². The van der Waals surface area contributed by atoms with Crippen LogP contribution in [0.5, 0.6) is 0 Å². The minimum atomic E-state index is -0.842. The number of hydrogen-bond acceptors (Lipinski definition) is 3. The van der Waals surface area contributed by atoms with E-state index >= 15 is 0 Å². The lowest BCUT2D eigenvalue weighted by atomic mass is 10.1. The van der Waals surface area contributed by atoms with Gasteiger partial charge in [0.05, 0.1) is 12.1 Å². The first-order chi connectivity index (χ1) is 14.3. The standard InChI is InChI=1S/C23H26ClN3O3/c1-4-16-5-9-18(10-6-16)25-21(28)13-20-22(29)27(19-11-7-17(24)8-12-19)23(30)26(20)14-15(2)3/h5-12,15,20H,4,13-14H2,1-3H3,(H,25,28)/t20-/m1/s1. The Hall–Kier alpha value is -2.86. The molecule has 2 aromatic rings. The molecule has 0 saturated carbocycles. The van der Waals surface area contributed by atoms with E-state index in [1.54, 1.807) is 24.3 Å². The lowest BCUT2D eigenvalue weighted by Gasteiger charge is -2.23.